The van der Waals surface area contributed by atoms with Crippen molar-refractivity contribution in [3.63, 3.8) is 0 Å². The van der Waals surface area contributed by atoms with E-state index in [1.807, 2.05) is 27.7 Å². The summed E-state index contributed by atoms with van der Waals surface area (Å²) in [6, 6.07) is 0. The van der Waals surface area contributed by atoms with Crippen molar-refractivity contribution in [3.8, 4) is 0 Å². The molecule has 0 bridgehead atoms. The van der Waals surface area contributed by atoms with E-state index in [4.69, 9.17) is 18.9 Å². The van der Waals surface area contributed by atoms with Gasteiger partial charge in [-0.1, -0.05) is 22.0 Å². The number of halogens is 1. The lowest BCUT2D eigenvalue weighted by atomic mass is 10.1. The highest BCUT2D eigenvalue weighted by atomic mass is 79.9. The molecular weight excluding hydrogens is 416 g/mol. The van der Waals surface area contributed by atoms with Crippen LogP contribution in [0.25, 0.3) is 0 Å². The molecule has 0 N–H and O–H groups in total. The zero-order valence-electron chi connectivity index (χ0n) is 17.1. The van der Waals surface area contributed by atoms with Crippen molar-refractivity contribution in [1.29, 1.82) is 0 Å². The average Bonchev–Trinajstić information content (AvgIpc) is 2.61. The van der Waals surface area contributed by atoms with Gasteiger partial charge >= 0.3 is 11.9 Å². The van der Waals surface area contributed by atoms with Crippen molar-refractivity contribution >= 4 is 27.9 Å². The molecule has 2 atom stereocenters. The minimum absolute atomic E-state index is 0.118. The molecule has 0 heterocycles. The Labute approximate surface area is 172 Å². The van der Waals surface area contributed by atoms with E-state index in [1.165, 1.54) is 6.08 Å². The van der Waals surface area contributed by atoms with Crippen LogP contribution in [0, 0.1) is 0 Å². The number of hydrogen-bond acceptors (Lipinski definition) is 6. The molecule has 0 spiro atoms. The standard InChI is InChI=1S/C20H35BrO6/c1-5-24-20(25-6-2)14-10-12-17(4)26-18(22)13-9-7-8-11-16(3)27-19(23)15-21/h9,13,16-17,20H,5-8,10-12,14-15H2,1-4H3/b13-9+. The van der Waals surface area contributed by atoms with Gasteiger partial charge in [0.15, 0.2) is 6.29 Å². The van der Waals surface area contributed by atoms with E-state index in [0.29, 0.717) is 13.2 Å². The molecule has 2 unspecified atom stereocenters. The Balaban J connectivity index is 3.86. The van der Waals surface area contributed by atoms with Crippen molar-refractivity contribution in [2.24, 2.45) is 0 Å². The fraction of sp³-hybridized carbons (Fsp3) is 0.800. The van der Waals surface area contributed by atoms with Gasteiger partial charge < -0.3 is 18.9 Å². The largest absolute Gasteiger partial charge is 0.462 e. The lowest BCUT2D eigenvalue weighted by molar-refractivity contribution is -0.146. The molecule has 0 saturated heterocycles. The van der Waals surface area contributed by atoms with Crippen LogP contribution >= 0.6 is 15.9 Å². The molecule has 27 heavy (non-hydrogen) atoms. The molecular formula is C20H35BrO6. The molecule has 0 rings (SSSR count). The monoisotopic (exact) mass is 450 g/mol. The van der Waals surface area contributed by atoms with E-state index in [2.05, 4.69) is 15.9 Å². The number of ether oxygens (including phenoxy) is 4. The Morgan fingerprint density at radius 1 is 0.926 bits per heavy atom. The maximum atomic E-state index is 11.8. The maximum Gasteiger partial charge on any atom is 0.330 e. The number of carbonyl (C=O) groups excluding carboxylic acids is 2. The van der Waals surface area contributed by atoms with Crippen molar-refractivity contribution in [2.45, 2.75) is 84.7 Å². The van der Waals surface area contributed by atoms with Crippen LogP contribution < -0.4 is 0 Å². The Bertz CT molecular complexity index is 421. The number of rotatable bonds is 16. The number of unbranched alkanes of at least 4 members (excludes halogenated alkanes) is 1. The quantitative estimate of drug-likeness (QED) is 0.113. The Morgan fingerprint density at radius 3 is 2.11 bits per heavy atom. The molecule has 7 heteroatoms. The molecule has 0 aromatic heterocycles. The summed E-state index contributed by atoms with van der Waals surface area (Å²) < 4.78 is 21.5. The second kappa shape index (κ2) is 17.2. The van der Waals surface area contributed by atoms with Gasteiger partial charge in [0.25, 0.3) is 0 Å². The molecule has 0 saturated carbocycles. The molecule has 0 aromatic rings. The maximum absolute atomic E-state index is 11.8. The molecule has 0 aliphatic rings. The molecule has 0 amide bonds. The van der Waals surface area contributed by atoms with Crippen LogP contribution in [0.4, 0.5) is 0 Å². The lowest BCUT2D eigenvalue weighted by Gasteiger charge is -2.18. The number of hydrogen-bond donors (Lipinski definition) is 0. The van der Waals surface area contributed by atoms with Crippen LogP contribution in [0.3, 0.4) is 0 Å². The third-order valence-corrected chi connectivity index (χ3v) is 4.21. The molecule has 0 aromatic carbocycles. The molecule has 0 aliphatic carbocycles. The average molecular weight is 451 g/mol. The van der Waals surface area contributed by atoms with E-state index in [0.717, 1.165) is 38.5 Å². The Hall–Kier alpha value is -0.920. The highest BCUT2D eigenvalue weighted by molar-refractivity contribution is 9.09. The third kappa shape index (κ3) is 15.8. The topological polar surface area (TPSA) is 71.1 Å². The zero-order valence-corrected chi connectivity index (χ0v) is 18.7. The van der Waals surface area contributed by atoms with Crippen molar-refractivity contribution < 1.29 is 28.5 Å². The minimum Gasteiger partial charge on any atom is -0.462 e. The van der Waals surface area contributed by atoms with E-state index in [-0.39, 0.29) is 35.8 Å². The van der Waals surface area contributed by atoms with E-state index in [1.54, 1.807) is 6.08 Å². The zero-order chi connectivity index (χ0) is 20.5. The fourth-order valence-corrected chi connectivity index (χ4v) is 2.60. The van der Waals surface area contributed by atoms with Gasteiger partial charge in [-0.05, 0) is 66.2 Å². The predicted octanol–water partition coefficient (Wildman–Crippen LogP) is 4.54. The number of esters is 2. The van der Waals surface area contributed by atoms with E-state index in [9.17, 15) is 9.59 Å². The highest BCUT2D eigenvalue weighted by Crippen LogP contribution is 2.11. The van der Waals surface area contributed by atoms with Crippen LogP contribution in [-0.4, -0.2) is 49.0 Å². The third-order valence-electron chi connectivity index (χ3n) is 3.75. The molecule has 158 valence electrons. The van der Waals surface area contributed by atoms with Gasteiger partial charge in [0.2, 0.25) is 0 Å². The first-order chi connectivity index (χ1) is 12.9. The predicted molar refractivity (Wildman–Crippen MR) is 109 cm³/mol. The summed E-state index contributed by atoms with van der Waals surface area (Å²) >= 11 is 3.06. The van der Waals surface area contributed by atoms with Gasteiger partial charge in [-0.3, -0.25) is 4.79 Å². The van der Waals surface area contributed by atoms with Crippen molar-refractivity contribution in [1.82, 2.24) is 0 Å². The first kappa shape index (κ1) is 26.1. The van der Waals surface area contributed by atoms with Gasteiger partial charge in [-0.25, -0.2) is 4.79 Å². The Morgan fingerprint density at radius 2 is 1.52 bits per heavy atom. The van der Waals surface area contributed by atoms with Gasteiger partial charge in [-0.15, -0.1) is 0 Å². The molecule has 0 fully saturated rings. The first-order valence-electron chi connectivity index (χ1n) is 9.78. The second-order valence-electron chi connectivity index (χ2n) is 6.29. The van der Waals surface area contributed by atoms with Gasteiger partial charge in [-0.2, -0.15) is 0 Å². The van der Waals surface area contributed by atoms with Crippen molar-refractivity contribution in [2.75, 3.05) is 18.5 Å². The fourth-order valence-electron chi connectivity index (χ4n) is 2.47. The van der Waals surface area contributed by atoms with Crippen LogP contribution in [0.2, 0.25) is 0 Å². The summed E-state index contributed by atoms with van der Waals surface area (Å²) in [7, 11) is 0. The van der Waals surface area contributed by atoms with Crippen LogP contribution in [-0.2, 0) is 28.5 Å². The number of alkyl halides is 1. The highest BCUT2D eigenvalue weighted by Gasteiger charge is 2.11. The second-order valence-corrected chi connectivity index (χ2v) is 6.85. The summed E-state index contributed by atoms with van der Waals surface area (Å²) in [6.07, 6.45) is 7.59. The smallest absolute Gasteiger partial charge is 0.330 e. The minimum atomic E-state index is -0.326. The summed E-state index contributed by atoms with van der Waals surface area (Å²) in [5.74, 6) is -0.586. The normalized spacial score (nSPS) is 13.7. The van der Waals surface area contributed by atoms with Gasteiger partial charge in [0.1, 0.15) is 5.33 Å². The van der Waals surface area contributed by atoms with Crippen LogP contribution in [0.1, 0.15) is 66.2 Å². The summed E-state index contributed by atoms with van der Waals surface area (Å²) in [5.41, 5.74) is 0. The summed E-state index contributed by atoms with van der Waals surface area (Å²) in [4.78, 5) is 22.9. The van der Waals surface area contributed by atoms with Crippen LogP contribution in [0.15, 0.2) is 12.2 Å². The lowest BCUT2D eigenvalue weighted by Crippen LogP contribution is -2.19. The molecule has 6 nitrogen and oxygen atoms in total. The number of carbonyl (C=O) groups is 2. The number of allylic oxidation sites excluding steroid dienone is 1. The molecule has 0 radical (unpaired) electrons. The summed E-state index contributed by atoms with van der Waals surface area (Å²) in [6.45, 7) is 8.89. The summed E-state index contributed by atoms with van der Waals surface area (Å²) in [5, 5.41) is 0.208. The van der Waals surface area contributed by atoms with Gasteiger partial charge in [0.05, 0.1) is 12.2 Å². The Kier molecular flexibility index (Phi) is 16.6. The van der Waals surface area contributed by atoms with Crippen molar-refractivity contribution in [3.05, 3.63) is 12.2 Å². The van der Waals surface area contributed by atoms with Gasteiger partial charge in [0, 0.05) is 19.3 Å². The SMILES string of the molecule is CCOC(CCCC(C)OC(=O)/C=C/CCCC(C)OC(=O)CBr)OCC. The van der Waals surface area contributed by atoms with E-state index >= 15 is 0 Å². The van der Waals surface area contributed by atoms with Crippen LogP contribution in [0.5, 0.6) is 0 Å². The molecule has 0 aliphatic heterocycles. The first-order valence-corrected chi connectivity index (χ1v) is 10.9. The van der Waals surface area contributed by atoms with E-state index < -0.39 is 0 Å².